The van der Waals surface area contributed by atoms with Crippen molar-refractivity contribution < 1.29 is 13.2 Å². The minimum absolute atomic E-state index is 0.176. The van der Waals surface area contributed by atoms with Crippen molar-refractivity contribution in [2.45, 2.75) is 59.1 Å². The highest BCUT2D eigenvalue weighted by Gasteiger charge is 2.48. The Morgan fingerprint density at radius 3 is 2.38 bits per heavy atom. The van der Waals surface area contributed by atoms with E-state index < -0.39 is 9.84 Å². The van der Waals surface area contributed by atoms with E-state index in [-0.39, 0.29) is 5.41 Å². The molecule has 0 bridgehead atoms. The Morgan fingerprint density at radius 1 is 1.24 bits per heavy atom. The Kier molecular flexibility index (Phi) is 5.37. The van der Waals surface area contributed by atoms with Crippen LogP contribution in [0.25, 0.3) is 0 Å². The summed E-state index contributed by atoms with van der Waals surface area (Å²) in [6.07, 6.45) is 3.06. The number of hydrogen-bond donors (Lipinski definition) is 1. The molecule has 1 heterocycles. The molecule has 1 saturated carbocycles. The average molecular weight is 317 g/mol. The topological polar surface area (TPSA) is 55.4 Å². The minimum Gasteiger partial charge on any atom is -0.377 e. The number of rotatable bonds is 6. The van der Waals surface area contributed by atoms with Crippen molar-refractivity contribution in [1.29, 1.82) is 0 Å². The van der Waals surface area contributed by atoms with Crippen molar-refractivity contribution in [2.75, 3.05) is 24.7 Å². The highest BCUT2D eigenvalue weighted by atomic mass is 32.2. The lowest BCUT2D eigenvalue weighted by atomic mass is 9.64. The Labute approximate surface area is 129 Å². The molecule has 0 unspecified atom stereocenters. The first kappa shape index (κ1) is 17.2. The summed E-state index contributed by atoms with van der Waals surface area (Å²) in [5, 5.41) is 3.65. The molecule has 2 fully saturated rings. The van der Waals surface area contributed by atoms with Crippen LogP contribution >= 0.6 is 0 Å². The van der Waals surface area contributed by atoms with Crippen LogP contribution in [0.1, 0.15) is 47.0 Å². The van der Waals surface area contributed by atoms with Crippen LogP contribution in [-0.4, -0.2) is 45.2 Å². The molecule has 1 saturated heterocycles. The molecule has 21 heavy (non-hydrogen) atoms. The second-order valence-electron chi connectivity index (χ2n) is 7.83. The highest BCUT2D eigenvalue weighted by molar-refractivity contribution is 7.91. The van der Waals surface area contributed by atoms with Gasteiger partial charge >= 0.3 is 0 Å². The summed E-state index contributed by atoms with van der Waals surface area (Å²) in [5.41, 5.74) is 0.176. The first-order valence-corrected chi connectivity index (χ1v) is 10.1. The van der Waals surface area contributed by atoms with E-state index in [9.17, 15) is 8.42 Å². The van der Waals surface area contributed by atoms with E-state index in [1.807, 2.05) is 0 Å². The lowest BCUT2D eigenvalue weighted by molar-refractivity contribution is -0.124. The van der Waals surface area contributed by atoms with Crippen LogP contribution in [0, 0.1) is 17.3 Å². The van der Waals surface area contributed by atoms with Crippen molar-refractivity contribution in [3.63, 3.8) is 0 Å². The third-order valence-electron chi connectivity index (χ3n) is 5.14. The van der Waals surface area contributed by atoms with Gasteiger partial charge in [0, 0.05) is 18.1 Å². The first-order valence-electron chi connectivity index (χ1n) is 8.26. The zero-order valence-electron chi connectivity index (χ0n) is 13.9. The lowest BCUT2D eigenvalue weighted by Crippen LogP contribution is -2.61. The van der Waals surface area contributed by atoms with E-state index in [0.29, 0.717) is 35.5 Å². The van der Waals surface area contributed by atoms with Crippen LogP contribution in [-0.2, 0) is 14.6 Å². The van der Waals surface area contributed by atoms with Crippen molar-refractivity contribution in [1.82, 2.24) is 5.32 Å². The Bertz CT molecular complexity index is 430. The van der Waals surface area contributed by atoms with E-state index in [0.717, 1.165) is 32.4 Å². The standard InChI is InChI=1S/C16H31NO3S/c1-12(2)11-20-15-9-14(16(15,3)4)17-10-13-5-7-21(18,19)8-6-13/h12-15,17H,5-11H2,1-4H3/t14-,15+/m1/s1. The molecule has 1 aliphatic carbocycles. The largest absolute Gasteiger partial charge is 0.377 e. The van der Waals surface area contributed by atoms with Gasteiger partial charge in [0.05, 0.1) is 17.6 Å². The maximum absolute atomic E-state index is 11.4. The van der Waals surface area contributed by atoms with Gasteiger partial charge in [-0.2, -0.15) is 0 Å². The fourth-order valence-electron chi connectivity index (χ4n) is 3.28. The number of ether oxygens (including phenoxy) is 1. The molecule has 2 rings (SSSR count). The van der Waals surface area contributed by atoms with E-state index in [1.54, 1.807) is 0 Å². The molecule has 2 atom stereocenters. The van der Waals surface area contributed by atoms with Crippen LogP contribution in [0.5, 0.6) is 0 Å². The Hall–Kier alpha value is -0.130. The van der Waals surface area contributed by atoms with Crippen LogP contribution < -0.4 is 5.32 Å². The van der Waals surface area contributed by atoms with Gasteiger partial charge in [-0.1, -0.05) is 27.7 Å². The summed E-state index contributed by atoms with van der Waals surface area (Å²) in [6.45, 7) is 10.7. The van der Waals surface area contributed by atoms with Crippen molar-refractivity contribution in [3.8, 4) is 0 Å². The van der Waals surface area contributed by atoms with Gasteiger partial charge in [0.2, 0.25) is 0 Å². The molecule has 5 heteroatoms. The van der Waals surface area contributed by atoms with Crippen molar-refractivity contribution in [3.05, 3.63) is 0 Å². The SMILES string of the molecule is CC(C)CO[C@H]1C[C@@H](NCC2CCS(=O)(=O)CC2)C1(C)C. The average Bonchev–Trinajstić information content (AvgIpc) is 2.38. The van der Waals surface area contributed by atoms with Gasteiger partial charge in [-0.15, -0.1) is 0 Å². The third-order valence-corrected chi connectivity index (χ3v) is 6.85. The molecule has 0 aromatic heterocycles. The monoisotopic (exact) mass is 317 g/mol. The second-order valence-corrected chi connectivity index (χ2v) is 10.1. The molecule has 0 spiro atoms. The Morgan fingerprint density at radius 2 is 1.86 bits per heavy atom. The van der Waals surface area contributed by atoms with Gasteiger partial charge in [-0.3, -0.25) is 0 Å². The fraction of sp³-hybridized carbons (Fsp3) is 1.00. The molecule has 0 aromatic rings. The summed E-state index contributed by atoms with van der Waals surface area (Å²) >= 11 is 0. The first-order chi connectivity index (χ1) is 9.71. The van der Waals surface area contributed by atoms with Gasteiger partial charge in [0.15, 0.2) is 0 Å². The Balaban J connectivity index is 1.71. The van der Waals surface area contributed by atoms with Gasteiger partial charge in [-0.05, 0) is 37.6 Å². The van der Waals surface area contributed by atoms with Gasteiger partial charge in [0.25, 0.3) is 0 Å². The fourth-order valence-corrected chi connectivity index (χ4v) is 4.86. The molecule has 124 valence electrons. The highest BCUT2D eigenvalue weighted by Crippen LogP contribution is 2.43. The van der Waals surface area contributed by atoms with Gasteiger partial charge in [-0.25, -0.2) is 8.42 Å². The summed E-state index contributed by atoms with van der Waals surface area (Å²) < 4.78 is 28.9. The van der Waals surface area contributed by atoms with Crippen LogP contribution in [0.15, 0.2) is 0 Å². The smallest absolute Gasteiger partial charge is 0.150 e. The summed E-state index contributed by atoms with van der Waals surface area (Å²) in [6, 6.07) is 0.494. The third kappa shape index (κ3) is 4.42. The van der Waals surface area contributed by atoms with E-state index >= 15 is 0 Å². The van der Waals surface area contributed by atoms with Crippen LogP contribution in [0.2, 0.25) is 0 Å². The molecule has 1 aliphatic heterocycles. The van der Waals surface area contributed by atoms with E-state index in [1.165, 1.54) is 0 Å². The van der Waals surface area contributed by atoms with Crippen LogP contribution in [0.4, 0.5) is 0 Å². The normalized spacial score (nSPS) is 32.0. The van der Waals surface area contributed by atoms with Gasteiger partial charge < -0.3 is 10.1 Å². The van der Waals surface area contributed by atoms with Crippen molar-refractivity contribution in [2.24, 2.45) is 17.3 Å². The zero-order chi connectivity index (χ0) is 15.7. The predicted octanol–water partition coefficient (Wildman–Crippen LogP) is 2.24. The maximum atomic E-state index is 11.4. The molecule has 1 N–H and O–H groups in total. The quantitative estimate of drug-likeness (QED) is 0.816. The zero-order valence-corrected chi connectivity index (χ0v) is 14.7. The number of sulfone groups is 1. The van der Waals surface area contributed by atoms with E-state index in [2.05, 4.69) is 33.0 Å². The molecular formula is C16H31NO3S. The van der Waals surface area contributed by atoms with Crippen LogP contribution in [0.3, 0.4) is 0 Å². The molecule has 0 amide bonds. The maximum Gasteiger partial charge on any atom is 0.150 e. The van der Waals surface area contributed by atoms with E-state index in [4.69, 9.17) is 4.74 Å². The second kappa shape index (κ2) is 6.55. The molecule has 2 aliphatic rings. The van der Waals surface area contributed by atoms with Crippen molar-refractivity contribution >= 4 is 9.84 Å². The summed E-state index contributed by atoms with van der Waals surface area (Å²) in [7, 11) is -2.74. The summed E-state index contributed by atoms with van der Waals surface area (Å²) in [5.74, 6) is 1.83. The molecule has 4 nitrogen and oxygen atoms in total. The number of nitrogens with one attached hydrogen (secondary N) is 1. The molecule has 0 radical (unpaired) electrons. The summed E-state index contributed by atoms with van der Waals surface area (Å²) in [4.78, 5) is 0. The lowest BCUT2D eigenvalue weighted by Gasteiger charge is -2.52. The minimum atomic E-state index is -2.74. The number of hydrogen-bond acceptors (Lipinski definition) is 4. The molecular weight excluding hydrogens is 286 g/mol. The van der Waals surface area contributed by atoms with Gasteiger partial charge in [0.1, 0.15) is 9.84 Å². The molecule has 0 aromatic carbocycles. The predicted molar refractivity (Wildman–Crippen MR) is 86.1 cm³/mol.